The standard InChI is InChI=1S/C19H26N2O4/c1-4-15-19(23)20-11-12-21(15)18(22)10-8-14-7-9-16(24-5-2)17(13-14)25-6-3/h7-10,13,15H,4-6,11-12H2,1-3H3,(H,20,23). The van der Waals surface area contributed by atoms with Crippen LogP contribution in [0.15, 0.2) is 24.3 Å². The Hall–Kier alpha value is -2.50. The maximum atomic E-state index is 12.5. The summed E-state index contributed by atoms with van der Waals surface area (Å²) in [5.74, 6) is 1.10. The summed E-state index contributed by atoms with van der Waals surface area (Å²) in [6.45, 7) is 7.85. The van der Waals surface area contributed by atoms with Crippen LogP contribution in [0.1, 0.15) is 32.8 Å². The van der Waals surface area contributed by atoms with Crippen LogP contribution in [0.3, 0.4) is 0 Å². The number of nitrogens with one attached hydrogen (secondary N) is 1. The Morgan fingerprint density at radius 3 is 2.64 bits per heavy atom. The predicted molar refractivity (Wildman–Crippen MR) is 96.6 cm³/mol. The molecule has 6 heteroatoms. The molecule has 1 unspecified atom stereocenters. The number of hydrogen-bond donors (Lipinski definition) is 1. The second kappa shape index (κ2) is 9.11. The summed E-state index contributed by atoms with van der Waals surface area (Å²) in [4.78, 5) is 26.0. The summed E-state index contributed by atoms with van der Waals surface area (Å²) in [7, 11) is 0. The quantitative estimate of drug-likeness (QED) is 0.769. The summed E-state index contributed by atoms with van der Waals surface area (Å²) >= 11 is 0. The lowest BCUT2D eigenvalue weighted by Gasteiger charge is -2.33. The second-order valence-electron chi connectivity index (χ2n) is 5.65. The summed E-state index contributed by atoms with van der Waals surface area (Å²) < 4.78 is 11.1. The van der Waals surface area contributed by atoms with Crippen molar-refractivity contribution in [2.75, 3.05) is 26.3 Å². The van der Waals surface area contributed by atoms with E-state index in [2.05, 4.69) is 5.32 Å². The molecule has 0 bridgehead atoms. The Morgan fingerprint density at radius 1 is 1.24 bits per heavy atom. The second-order valence-corrected chi connectivity index (χ2v) is 5.65. The van der Waals surface area contributed by atoms with Crippen LogP contribution >= 0.6 is 0 Å². The SMILES string of the molecule is CCOc1ccc(C=CC(=O)N2CCNC(=O)C2CC)cc1OCC. The molecule has 1 atom stereocenters. The molecule has 1 heterocycles. The van der Waals surface area contributed by atoms with Gasteiger partial charge in [0.1, 0.15) is 6.04 Å². The Labute approximate surface area is 148 Å². The molecule has 1 aliphatic rings. The van der Waals surface area contributed by atoms with E-state index in [4.69, 9.17) is 9.47 Å². The number of benzene rings is 1. The van der Waals surface area contributed by atoms with Gasteiger partial charge in [-0.3, -0.25) is 9.59 Å². The zero-order valence-electron chi connectivity index (χ0n) is 15.1. The number of rotatable bonds is 7. The van der Waals surface area contributed by atoms with Crippen molar-refractivity contribution in [2.45, 2.75) is 33.2 Å². The van der Waals surface area contributed by atoms with Gasteiger partial charge in [-0.05, 0) is 44.0 Å². The fourth-order valence-electron chi connectivity index (χ4n) is 2.82. The zero-order valence-corrected chi connectivity index (χ0v) is 15.1. The van der Waals surface area contributed by atoms with E-state index >= 15 is 0 Å². The Kier molecular flexibility index (Phi) is 6.86. The van der Waals surface area contributed by atoms with Gasteiger partial charge in [0.15, 0.2) is 11.5 Å². The van der Waals surface area contributed by atoms with Crippen molar-refractivity contribution in [3.8, 4) is 11.5 Å². The lowest BCUT2D eigenvalue weighted by atomic mass is 10.1. The summed E-state index contributed by atoms with van der Waals surface area (Å²) in [5, 5.41) is 2.79. The number of piperazine rings is 1. The fourth-order valence-corrected chi connectivity index (χ4v) is 2.82. The van der Waals surface area contributed by atoms with Gasteiger partial charge in [0.2, 0.25) is 11.8 Å². The molecule has 6 nitrogen and oxygen atoms in total. The molecule has 1 aliphatic heterocycles. The fraction of sp³-hybridized carbons (Fsp3) is 0.474. The average molecular weight is 346 g/mol. The molecule has 1 aromatic carbocycles. The van der Waals surface area contributed by atoms with E-state index in [9.17, 15) is 9.59 Å². The first-order chi connectivity index (χ1) is 12.1. The van der Waals surface area contributed by atoms with Crippen LogP contribution in [0, 0.1) is 0 Å². The third-order valence-electron chi connectivity index (χ3n) is 3.99. The summed E-state index contributed by atoms with van der Waals surface area (Å²) in [6.07, 6.45) is 3.84. The molecule has 1 saturated heterocycles. The molecule has 1 fully saturated rings. The maximum absolute atomic E-state index is 12.5. The topological polar surface area (TPSA) is 67.9 Å². The highest BCUT2D eigenvalue weighted by Gasteiger charge is 2.30. The van der Waals surface area contributed by atoms with Crippen molar-refractivity contribution < 1.29 is 19.1 Å². The number of nitrogens with zero attached hydrogens (tertiary/aromatic N) is 1. The van der Waals surface area contributed by atoms with Gasteiger partial charge in [0.25, 0.3) is 0 Å². The van der Waals surface area contributed by atoms with Gasteiger partial charge in [-0.25, -0.2) is 0 Å². The highest BCUT2D eigenvalue weighted by Crippen LogP contribution is 2.29. The first kappa shape index (κ1) is 18.8. The molecule has 25 heavy (non-hydrogen) atoms. The van der Waals surface area contributed by atoms with Crippen molar-refractivity contribution in [2.24, 2.45) is 0 Å². The Morgan fingerprint density at radius 2 is 1.96 bits per heavy atom. The molecule has 0 aliphatic carbocycles. The van der Waals surface area contributed by atoms with E-state index in [1.54, 1.807) is 11.0 Å². The minimum Gasteiger partial charge on any atom is -0.490 e. The largest absolute Gasteiger partial charge is 0.490 e. The first-order valence-electron chi connectivity index (χ1n) is 8.76. The van der Waals surface area contributed by atoms with Crippen molar-refractivity contribution >= 4 is 17.9 Å². The lowest BCUT2D eigenvalue weighted by molar-refractivity contribution is -0.140. The molecular weight excluding hydrogens is 320 g/mol. The molecular formula is C19H26N2O4. The van der Waals surface area contributed by atoms with Crippen molar-refractivity contribution in [3.05, 3.63) is 29.8 Å². The van der Waals surface area contributed by atoms with Crippen LogP contribution in [-0.4, -0.2) is 49.1 Å². The molecule has 136 valence electrons. The van der Waals surface area contributed by atoms with Gasteiger partial charge in [-0.2, -0.15) is 0 Å². The van der Waals surface area contributed by atoms with Crippen molar-refractivity contribution in [1.29, 1.82) is 0 Å². The number of ether oxygens (including phenoxy) is 2. The molecule has 1 aromatic rings. The molecule has 2 amide bonds. The zero-order chi connectivity index (χ0) is 18.2. The van der Waals surface area contributed by atoms with Gasteiger partial charge >= 0.3 is 0 Å². The van der Waals surface area contributed by atoms with E-state index in [1.807, 2.05) is 39.0 Å². The van der Waals surface area contributed by atoms with Gasteiger partial charge < -0.3 is 19.7 Å². The van der Waals surface area contributed by atoms with E-state index in [0.717, 1.165) is 5.56 Å². The van der Waals surface area contributed by atoms with Gasteiger partial charge in [0, 0.05) is 19.2 Å². The normalized spacial score (nSPS) is 17.5. The minimum absolute atomic E-state index is 0.0878. The van der Waals surface area contributed by atoms with Crippen LogP contribution in [0.2, 0.25) is 0 Å². The van der Waals surface area contributed by atoms with Crippen LogP contribution in [0.4, 0.5) is 0 Å². The summed E-state index contributed by atoms with van der Waals surface area (Å²) in [6, 6.07) is 5.16. The molecule has 0 spiro atoms. The third-order valence-corrected chi connectivity index (χ3v) is 3.99. The number of hydrogen-bond acceptors (Lipinski definition) is 4. The third kappa shape index (κ3) is 4.75. The van der Waals surface area contributed by atoms with Gasteiger partial charge in [-0.15, -0.1) is 0 Å². The Balaban J connectivity index is 2.13. The monoisotopic (exact) mass is 346 g/mol. The first-order valence-corrected chi connectivity index (χ1v) is 8.76. The van der Waals surface area contributed by atoms with Crippen LogP contribution in [0.5, 0.6) is 11.5 Å². The van der Waals surface area contributed by atoms with Gasteiger partial charge in [0.05, 0.1) is 13.2 Å². The summed E-state index contributed by atoms with van der Waals surface area (Å²) in [5.41, 5.74) is 0.842. The van der Waals surface area contributed by atoms with E-state index in [1.165, 1.54) is 6.08 Å². The number of amides is 2. The number of carbonyl (C=O) groups is 2. The van der Waals surface area contributed by atoms with Crippen molar-refractivity contribution in [3.63, 3.8) is 0 Å². The maximum Gasteiger partial charge on any atom is 0.247 e. The van der Waals surface area contributed by atoms with Gasteiger partial charge in [-0.1, -0.05) is 13.0 Å². The van der Waals surface area contributed by atoms with E-state index in [-0.39, 0.29) is 11.8 Å². The molecule has 1 N–H and O–H groups in total. The number of carbonyl (C=O) groups excluding carboxylic acids is 2. The van der Waals surface area contributed by atoms with Crippen molar-refractivity contribution in [1.82, 2.24) is 10.2 Å². The molecule has 0 aromatic heterocycles. The molecule has 2 rings (SSSR count). The lowest BCUT2D eigenvalue weighted by Crippen LogP contribution is -2.56. The molecule has 0 radical (unpaired) electrons. The average Bonchev–Trinajstić information content (AvgIpc) is 2.61. The van der Waals surface area contributed by atoms with Crippen LogP contribution in [-0.2, 0) is 9.59 Å². The van der Waals surface area contributed by atoms with E-state index < -0.39 is 6.04 Å². The predicted octanol–water partition coefficient (Wildman–Crippen LogP) is 2.23. The minimum atomic E-state index is -0.398. The smallest absolute Gasteiger partial charge is 0.247 e. The van der Waals surface area contributed by atoms with Crippen LogP contribution in [0.25, 0.3) is 6.08 Å². The van der Waals surface area contributed by atoms with E-state index in [0.29, 0.717) is 44.2 Å². The highest BCUT2D eigenvalue weighted by molar-refractivity contribution is 5.96. The Bertz CT molecular complexity index is 642. The molecule has 0 saturated carbocycles. The highest BCUT2D eigenvalue weighted by atomic mass is 16.5. The van der Waals surface area contributed by atoms with Crippen LogP contribution < -0.4 is 14.8 Å².